The predicted octanol–water partition coefficient (Wildman–Crippen LogP) is 1.79. The van der Waals surface area contributed by atoms with E-state index in [0.717, 1.165) is 6.42 Å². The van der Waals surface area contributed by atoms with E-state index in [4.69, 9.17) is 0 Å². The molecule has 1 radical (unpaired) electrons. The summed E-state index contributed by atoms with van der Waals surface area (Å²) in [5.74, 6) is 0.557. The average molecular weight is 144 g/mol. The summed E-state index contributed by atoms with van der Waals surface area (Å²) >= 11 is 0. The van der Waals surface area contributed by atoms with Crippen LogP contribution >= 0.6 is 0 Å². The van der Waals surface area contributed by atoms with Gasteiger partial charge in [-0.2, -0.15) is 0 Å². The number of nitrogens with one attached hydrogen (secondary N) is 1. The highest BCUT2D eigenvalue weighted by Crippen LogP contribution is 2.05. The van der Waals surface area contributed by atoms with E-state index < -0.39 is 6.23 Å². The molecular weight excluding hydrogens is 126 g/mol. The summed E-state index contributed by atoms with van der Waals surface area (Å²) in [5, 5.41) is 13.7. The molecule has 0 aliphatic carbocycles. The molecule has 0 aliphatic rings. The maximum Gasteiger partial charge on any atom is 0.141 e. The van der Waals surface area contributed by atoms with Crippen molar-refractivity contribution in [2.24, 2.45) is 5.92 Å². The third-order valence-electron chi connectivity index (χ3n) is 1.69. The van der Waals surface area contributed by atoms with E-state index in [9.17, 15) is 5.11 Å². The van der Waals surface area contributed by atoms with Gasteiger partial charge in [-0.1, -0.05) is 20.8 Å². The maximum atomic E-state index is 10.7. The molecule has 0 bridgehead atoms. The van der Waals surface area contributed by atoms with E-state index in [-0.39, 0.29) is 0 Å². The van der Waals surface area contributed by atoms with Crippen molar-refractivity contribution < 1.29 is 5.11 Å². The van der Waals surface area contributed by atoms with Gasteiger partial charge in [-0.05, 0) is 19.3 Å². The van der Waals surface area contributed by atoms with Crippen LogP contribution in [0.25, 0.3) is 0 Å². The highest BCUT2D eigenvalue weighted by atomic mass is 16.3. The molecule has 0 aromatic heterocycles. The quantitative estimate of drug-likeness (QED) is 0.599. The second-order valence-electron chi connectivity index (χ2n) is 3.07. The van der Waals surface area contributed by atoms with Gasteiger partial charge in [-0.3, -0.25) is 5.32 Å². The van der Waals surface area contributed by atoms with Crippen LogP contribution in [0.5, 0.6) is 0 Å². The van der Waals surface area contributed by atoms with Crippen LogP contribution in [-0.2, 0) is 5.11 Å². The Labute approximate surface area is 63.6 Å². The zero-order chi connectivity index (χ0) is 8.15. The van der Waals surface area contributed by atoms with Gasteiger partial charge in [0.2, 0.25) is 0 Å². The second-order valence-corrected chi connectivity index (χ2v) is 3.07. The van der Waals surface area contributed by atoms with E-state index in [1.807, 2.05) is 0 Å². The minimum absolute atomic E-state index is 0.382. The summed E-state index contributed by atoms with van der Waals surface area (Å²) in [6.07, 6.45) is 0.400. The summed E-state index contributed by atoms with van der Waals surface area (Å²) < 4.78 is 0. The third kappa shape index (κ3) is 3.85. The molecule has 2 atom stereocenters. The lowest BCUT2D eigenvalue weighted by atomic mass is 10.0. The van der Waals surface area contributed by atoms with Crippen molar-refractivity contribution in [3.8, 4) is 0 Å². The molecule has 0 amide bonds. The van der Waals surface area contributed by atoms with E-state index in [1.165, 1.54) is 0 Å². The van der Waals surface area contributed by atoms with Gasteiger partial charge in [-0.15, -0.1) is 0 Å². The summed E-state index contributed by atoms with van der Waals surface area (Å²) in [6.45, 7) is 8.00. The Kier molecular flexibility index (Phi) is 4.65. The Hall–Kier alpha value is -0.0800. The van der Waals surface area contributed by atoms with Crippen LogP contribution < -0.4 is 5.32 Å². The van der Waals surface area contributed by atoms with Crippen molar-refractivity contribution in [1.82, 2.24) is 5.32 Å². The Morgan fingerprint density at radius 2 is 1.80 bits per heavy atom. The van der Waals surface area contributed by atoms with Gasteiger partial charge < -0.3 is 0 Å². The van der Waals surface area contributed by atoms with Crippen molar-refractivity contribution in [2.45, 2.75) is 46.4 Å². The molecule has 0 rings (SSSR count). The van der Waals surface area contributed by atoms with Gasteiger partial charge in [0.15, 0.2) is 0 Å². The number of hydrogen-bond acceptors (Lipinski definition) is 1. The monoisotopic (exact) mass is 144 g/mol. The Balaban J connectivity index is 3.60. The lowest BCUT2D eigenvalue weighted by Crippen LogP contribution is -2.38. The van der Waals surface area contributed by atoms with Crippen LogP contribution in [0.4, 0.5) is 0 Å². The molecule has 10 heavy (non-hydrogen) atoms. The highest BCUT2D eigenvalue weighted by molar-refractivity contribution is 4.68. The normalized spacial score (nSPS) is 17.4. The molecule has 2 heteroatoms. The van der Waals surface area contributed by atoms with Gasteiger partial charge in [-0.25, -0.2) is 5.11 Å². The first-order chi connectivity index (χ1) is 4.57. The summed E-state index contributed by atoms with van der Waals surface area (Å²) in [7, 11) is 0. The Morgan fingerprint density at radius 3 is 1.90 bits per heavy atom. The summed E-state index contributed by atoms with van der Waals surface area (Å²) in [6, 6.07) is 0.382. The Bertz CT molecular complexity index is 81.3. The number of rotatable bonds is 4. The topological polar surface area (TPSA) is 31.9 Å². The van der Waals surface area contributed by atoms with Gasteiger partial charge in [0.1, 0.15) is 6.23 Å². The molecular formula is C8H18NO. The first-order valence-electron chi connectivity index (χ1n) is 3.99. The molecule has 61 valence electrons. The van der Waals surface area contributed by atoms with Crippen molar-refractivity contribution in [3.63, 3.8) is 0 Å². The molecule has 0 spiro atoms. The highest BCUT2D eigenvalue weighted by Gasteiger charge is 2.11. The fraction of sp³-hybridized carbons (Fsp3) is 1.00. The molecule has 2 unspecified atom stereocenters. The SMILES string of the molecule is CCC(NC(C)[O])C(C)C. The third-order valence-corrected chi connectivity index (χ3v) is 1.69. The van der Waals surface area contributed by atoms with Gasteiger partial charge >= 0.3 is 0 Å². The first-order valence-corrected chi connectivity index (χ1v) is 3.99. The van der Waals surface area contributed by atoms with E-state index in [0.29, 0.717) is 12.0 Å². The predicted molar refractivity (Wildman–Crippen MR) is 42.2 cm³/mol. The lowest BCUT2D eigenvalue weighted by molar-refractivity contribution is 0.0568. The molecule has 0 aromatic carbocycles. The molecule has 1 N–H and O–H groups in total. The Morgan fingerprint density at radius 1 is 1.30 bits per heavy atom. The van der Waals surface area contributed by atoms with E-state index >= 15 is 0 Å². The number of hydrogen-bond donors (Lipinski definition) is 1. The van der Waals surface area contributed by atoms with Crippen LogP contribution in [0.3, 0.4) is 0 Å². The zero-order valence-electron chi connectivity index (χ0n) is 7.35. The largest absolute Gasteiger partial charge is 0.287 e. The minimum atomic E-state index is -0.632. The van der Waals surface area contributed by atoms with Crippen LogP contribution in [0, 0.1) is 5.92 Å². The first kappa shape index (κ1) is 9.92. The van der Waals surface area contributed by atoms with Crippen molar-refractivity contribution >= 4 is 0 Å². The fourth-order valence-corrected chi connectivity index (χ4v) is 1.08. The lowest BCUT2D eigenvalue weighted by Gasteiger charge is -2.21. The molecule has 0 aliphatic heterocycles. The van der Waals surface area contributed by atoms with E-state index in [1.54, 1.807) is 6.92 Å². The average Bonchev–Trinajstić information content (AvgIpc) is 1.81. The van der Waals surface area contributed by atoms with Crippen molar-refractivity contribution in [1.29, 1.82) is 0 Å². The molecule has 0 heterocycles. The maximum absolute atomic E-state index is 10.7. The van der Waals surface area contributed by atoms with Crippen LogP contribution in [0.2, 0.25) is 0 Å². The molecule has 0 aromatic rings. The summed E-state index contributed by atoms with van der Waals surface area (Å²) in [4.78, 5) is 0. The van der Waals surface area contributed by atoms with Gasteiger partial charge in [0, 0.05) is 6.04 Å². The zero-order valence-corrected chi connectivity index (χ0v) is 7.35. The molecule has 0 fully saturated rings. The standard InChI is InChI=1S/C8H18NO/c1-5-8(6(2)3)9-7(4)10/h6-9H,5H2,1-4H3. The smallest absolute Gasteiger partial charge is 0.141 e. The van der Waals surface area contributed by atoms with Gasteiger partial charge in [0.25, 0.3) is 0 Å². The van der Waals surface area contributed by atoms with Crippen molar-refractivity contribution in [3.05, 3.63) is 0 Å². The van der Waals surface area contributed by atoms with Crippen LogP contribution in [-0.4, -0.2) is 12.3 Å². The second kappa shape index (κ2) is 4.69. The van der Waals surface area contributed by atoms with E-state index in [2.05, 4.69) is 26.1 Å². The van der Waals surface area contributed by atoms with Gasteiger partial charge in [0.05, 0.1) is 0 Å². The molecule has 0 saturated carbocycles. The minimum Gasteiger partial charge on any atom is -0.287 e. The summed E-state index contributed by atoms with van der Waals surface area (Å²) in [5.41, 5.74) is 0. The van der Waals surface area contributed by atoms with Crippen LogP contribution in [0.1, 0.15) is 34.1 Å². The molecule has 2 nitrogen and oxygen atoms in total. The van der Waals surface area contributed by atoms with Crippen molar-refractivity contribution in [2.75, 3.05) is 0 Å². The fourth-order valence-electron chi connectivity index (χ4n) is 1.08. The molecule has 0 saturated heterocycles. The van der Waals surface area contributed by atoms with Crippen LogP contribution in [0.15, 0.2) is 0 Å².